The van der Waals surface area contributed by atoms with Gasteiger partial charge in [-0.15, -0.1) is 11.3 Å². The van der Waals surface area contributed by atoms with Gasteiger partial charge in [0.1, 0.15) is 0 Å². The third-order valence-electron chi connectivity index (χ3n) is 2.70. The summed E-state index contributed by atoms with van der Waals surface area (Å²) in [6.07, 6.45) is 0. The van der Waals surface area contributed by atoms with Crippen LogP contribution in [0.1, 0.15) is 23.4 Å². The Hall–Kier alpha value is -0.780. The van der Waals surface area contributed by atoms with Gasteiger partial charge >= 0.3 is 0 Å². The number of thiophene rings is 1. The maximum atomic E-state index is 13.1. The van der Waals surface area contributed by atoms with E-state index in [1.54, 1.807) is 17.4 Å². The van der Waals surface area contributed by atoms with Gasteiger partial charge in [-0.25, -0.2) is 8.78 Å². The quantitative estimate of drug-likeness (QED) is 0.860. The van der Waals surface area contributed by atoms with Crippen LogP contribution in [0.25, 0.3) is 0 Å². The highest BCUT2D eigenvalue weighted by Crippen LogP contribution is 2.23. The summed E-state index contributed by atoms with van der Waals surface area (Å²) >= 11 is 5.10. The van der Waals surface area contributed by atoms with Crippen LogP contribution in [0.3, 0.4) is 0 Å². The molecule has 0 amide bonds. The Kier molecular flexibility index (Phi) is 4.48. The van der Waals surface area contributed by atoms with Crippen molar-refractivity contribution in [1.29, 1.82) is 0 Å². The van der Waals surface area contributed by atoms with Gasteiger partial charge in [-0.3, -0.25) is 0 Å². The predicted octanol–water partition coefficient (Wildman–Crippen LogP) is 4.64. The molecule has 18 heavy (non-hydrogen) atoms. The summed E-state index contributed by atoms with van der Waals surface area (Å²) < 4.78 is 27.0. The highest BCUT2D eigenvalue weighted by Gasteiger charge is 2.10. The second-order valence-corrected chi connectivity index (χ2v) is 5.82. The van der Waals surface area contributed by atoms with E-state index in [1.807, 2.05) is 18.4 Å². The van der Waals surface area contributed by atoms with Crippen LogP contribution in [0.4, 0.5) is 8.78 Å². The molecule has 0 saturated carbocycles. The largest absolute Gasteiger partial charge is 0.305 e. The molecule has 0 spiro atoms. The summed E-state index contributed by atoms with van der Waals surface area (Å²) in [6.45, 7) is 2.62. The van der Waals surface area contributed by atoms with Gasteiger partial charge in [0.15, 0.2) is 11.6 Å². The van der Waals surface area contributed by atoms with Gasteiger partial charge in [-0.05, 0) is 52.0 Å². The van der Waals surface area contributed by atoms with E-state index in [9.17, 15) is 8.78 Å². The Bertz CT molecular complexity index is 542. The van der Waals surface area contributed by atoms with Crippen molar-refractivity contribution in [3.05, 3.63) is 56.2 Å². The molecule has 0 fully saturated rings. The zero-order chi connectivity index (χ0) is 13.1. The third-order valence-corrected chi connectivity index (χ3v) is 4.63. The highest BCUT2D eigenvalue weighted by atomic mass is 79.9. The Morgan fingerprint density at radius 1 is 1.28 bits per heavy atom. The highest BCUT2D eigenvalue weighted by molar-refractivity contribution is 9.10. The van der Waals surface area contributed by atoms with E-state index in [4.69, 9.17) is 0 Å². The van der Waals surface area contributed by atoms with Crippen molar-refractivity contribution in [2.75, 3.05) is 0 Å². The summed E-state index contributed by atoms with van der Waals surface area (Å²) in [5, 5.41) is 5.28. The molecule has 0 radical (unpaired) electrons. The van der Waals surface area contributed by atoms with Crippen LogP contribution in [0, 0.1) is 11.6 Å². The average molecular weight is 332 g/mol. The van der Waals surface area contributed by atoms with Crippen LogP contribution < -0.4 is 5.32 Å². The fourth-order valence-corrected chi connectivity index (χ4v) is 3.04. The number of hydrogen-bond acceptors (Lipinski definition) is 2. The van der Waals surface area contributed by atoms with E-state index in [1.165, 1.54) is 10.9 Å². The van der Waals surface area contributed by atoms with Crippen molar-refractivity contribution in [1.82, 2.24) is 5.32 Å². The molecule has 0 bridgehead atoms. The van der Waals surface area contributed by atoms with Crippen molar-refractivity contribution in [2.24, 2.45) is 0 Å². The summed E-state index contributed by atoms with van der Waals surface area (Å²) in [6, 6.07) is 5.94. The summed E-state index contributed by atoms with van der Waals surface area (Å²) in [5.41, 5.74) is 0.738. The normalized spacial score (nSPS) is 12.7. The van der Waals surface area contributed by atoms with Crippen LogP contribution in [-0.4, -0.2) is 0 Å². The first-order chi connectivity index (χ1) is 8.58. The lowest BCUT2D eigenvalue weighted by atomic mass is 10.1. The zero-order valence-electron chi connectivity index (χ0n) is 9.71. The molecule has 0 aliphatic rings. The number of benzene rings is 1. The van der Waals surface area contributed by atoms with Crippen LogP contribution in [-0.2, 0) is 6.54 Å². The molecule has 0 aliphatic carbocycles. The molecule has 0 saturated heterocycles. The molecule has 1 unspecified atom stereocenters. The monoisotopic (exact) mass is 331 g/mol. The maximum absolute atomic E-state index is 13.1. The molecule has 1 aromatic carbocycles. The Balaban J connectivity index is 2.01. The van der Waals surface area contributed by atoms with Crippen LogP contribution in [0.5, 0.6) is 0 Å². The second-order valence-electron chi connectivity index (χ2n) is 3.97. The van der Waals surface area contributed by atoms with E-state index < -0.39 is 11.6 Å². The SMILES string of the molecule is CC(NCc1sccc1Br)c1ccc(F)c(F)c1. The Morgan fingerprint density at radius 2 is 2.06 bits per heavy atom. The van der Waals surface area contributed by atoms with E-state index >= 15 is 0 Å². The van der Waals surface area contributed by atoms with Gasteiger partial charge in [0.05, 0.1) is 0 Å². The first kappa shape index (κ1) is 13.6. The minimum Gasteiger partial charge on any atom is -0.305 e. The van der Waals surface area contributed by atoms with Gasteiger partial charge in [-0.2, -0.15) is 0 Å². The molecule has 1 aromatic heterocycles. The van der Waals surface area contributed by atoms with Crippen LogP contribution in [0.2, 0.25) is 0 Å². The smallest absolute Gasteiger partial charge is 0.159 e. The summed E-state index contributed by atoms with van der Waals surface area (Å²) in [7, 11) is 0. The molecule has 96 valence electrons. The number of nitrogens with one attached hydrogen (secondary N) is 1. The molecular formula is C13H12BrF2NS. The molecule has 5 heteroatoms. The standard InChI is InChI=1S/C13H12BrF2NS/c1-8(9-2-3-11(15)12(16)6-9)17-7-13-10(14)4-5-18-13/h2-6,8,17H,7H2,1H3. The van der Waals surface area contributed by atoms with Gasteiger partial charge in [-0.1, -0.05) is 6.07 Å². The lowest BCUT2D eigenvalue weighted by Crippen LogP contribution is -2.17. The fraction of sp³-hybridized carbons (Fsp3) is 0.231. The van der Waals surface area contributed by atoms with Crippen molar-refractivity contribution >= 4 is 27.3 Å². The molecular weight excluding hydrogens is 320 g/mol. The average Bonchev–Trinajstić information content (AvgIpc) is 2.75. The lowest BCUT2D eigenvalue weighted by molar-refractivity contribution is 0.501. The lowest BCUT2D eigenvalue weighted by Gasteiger charge is -2.14. The first-order valence-electron chi connectivity index (χ1n) is 5.48. The molecule has 1 nitrogen and oxygen atoms in total. The molecule has 1 heterocycles. The minimum atomic E-state index is -0.813. The zero-order valence-corrected chi connectivity index (χ0v) is 12.1. The summed E-state index contributed by atoms with van der Waals surface area (Å²) in [4.78, 5) is 1.18. The molecule has 1 atom stereocenters. The predicted molar refractivity (Wildman–Crippen MR) is 73.6 cm³/mol. The first-order valence-corrected chi connectivity index (χ1v) is 7.15. The molecule has 2 aromatic rings. The van der Waals surface area contributed by atoms with E-state index in [2.05, 4.69) is 21.2 Å². The fourth-order valence-electron chi connectivity index (χ4n) is 1.60. The molecule has 2 rings (SSSR count). The Morgan fingerprint density at radius 3 is 2.67 bits per heavy atom. The Labute approximate surface area is 117 Å². The van der Waals surface area contributed by atoms with E-state index in [0.717, 1.165) is 16.1 Å². The number of hydrogen-bond donors (Lipinski definition) is 1. The van der Waals surface area contributed by atoms with Gasteiger partial charge in [0.25, 0.3) is 0 Å². The molecule has 0 aliphatic heterocycles. The van der Waals surface area contributed by atoms with Gasteiger partial charge in [0, 0.05) is 21.9 Å². The van der Waals surface area contributed by atoms with Crippen molar-refractivity contribution < 1.29 is 8.78 Å². The second kappa shape index (κ2) is 5.91. The maximum Gasteiger partial charge on any atom is 0.159 e. The van der Waals surface area contributed by atoms with Crippen LogP contribution in [0.15, 0.2) is 34.1 Å². The topological polar surface area (TPSA) is 12.0 Å². The van der Waals surface area contributed by atoms with Gasteiger partial charge in [0.2, 0.25) is 0 Å². The summed E-state index contributed by atoms with van der Waals surface area (Å²) in [5.74, 6) is -1.62. The van der Waals surface area contributed by atoms with Gasteiger partial charge < -0.3 is 5.32 Å². The van der Waals surface area contributed by atoms with Crippen molar-refractivity contribution in [2.45, 2.75) is 19.5 Å². The molecule has 1 N–H and O–H groups in total. The van der Waals surface area contributed by atoms with E-state index in [0.29, 0.717) is 6.54 Å². The van der Waals surface area contributed by atoms with Crippen molar-refractivity contribution in [3.8, 4) is 0 Å². The van der Waals surface area contributed by atoms with E-state index in [-0.39, 0.29) is 6.04 Å². The number of rotatable bonds is 4. The number of halogens is 3. The van der Waals surface area contributed by atoms with Crippen LogP contribution >= 0.6 is 27.3 Å². The third kappa shape index (κ3) is 3.16. The minimum absolute atomic E-state index is 0.0332. The van der Waals surface area contributed by atoms with Crippen molar-refractivity contribution in [3.63, 3.8) is 0 Å².